The first kappa shape index (κ1) is 20.5. The van der Waals surface area contributed by atoms with Gasteiger partial charge in [-0.1, -0.05) is 24.3 Å². The van der Waals surface area contributed by atoms with E-state index in [0.717, 1.165) is 18.4 Å². The Balaban J connectivity index is 1.42. The molecular formula is C24H24N4O3. The standard InChI is InChI=1S/C24H24N4O3/c1-2-28(15-21-26-20-6-4-3-5-19(20)24(31)27-21)22(29)14-9-16-7-10-17(11-8-16)23(30)25-18-12-13-18/h3-11,14,18H,2,12-13,15H2,1H3,(H,25,30)(H,26,27,31)/b14-9-. The summed E-state index contributed by atoms with van der Waals surface area (Å²) in [5.41, 5.74) is 1.82. The average Bonchev–Trinajstić information content (AvgIpc) is 3.60. The number of para-hydroxylation sites is 1. The van der Waals surface area contributed by atoms with E-state index in [4.69, 9.17) is 0 Å². The number of likely N-dealkylation sites (N-methyl/N-ethyl adjacent to an activating group) is 1. The number of hydrogen-bond acceptors (Lipinski definition) is 4. The van der Waals surface area contributed by atoms with Crippen LogP contribution in [0.4, 0.5) is 0 Å². The van der Waals surface area contributed by atoms with Gasteiger partial charge in [-0.2, -0.15) is 0 Å². The van der Waals surface area contributed by atoms with E-state index < -0.39 is 0 Å². The SMILES string of the molecule is CCN(Cc1nc2ccccc2c(=O)[nH]1)C(=O)/C=C\c1ccc(C(=O)NC2CC2)cc1. The molecule has 0 spiro atoms. The Kier molecular flexibility index (Phi) is 5.93. The fraction of sp³-hybridized carbons (Fsp3) is 0.250. The summed E-state index contributed by atoms with van der Waals surface area (Å²) in [5, 5.41) is 3.47. The molecule has 4 rings (SSSR count). The minimum Gasteiger partial charge on any atom is -0.349 e. The first-order valence-electron chi connectivity index (χ1n) is 10.4. The lowest BCUT2D eigenvalue weighted by Crippen LogP contribution is -2.30. The van der Waals surface area contributed by atoms with E-state index in [1.807, 2.05) is 25.1 Å². The summed E-state index contributed by atoms with van der Waals surface area (Å²) in [7, 11) is 0. The lowest BCUT2D eigenvalue weighted by molar-refractivity contribution is -0.126. The van der Waals surface area contributed by atoms with Gasteiger partial charge in [-0.3, -0.25) is 14.4 Å². The van der Waals surface area contributed by atoms with Crippen LogP contribution in [0.25, 0.3) is 17.0 Å². The van der Waals surface area contributed by atoms with E-state index in [1.54, 1.807) is 41.3 Å². The van der Waals surface area contributed by atoms with Gasteiger partial charge in [-0.25, -0.2) is 4.98 Å². The molecule has 1 aliphatic rings. The summed E-state index contributed by atoms with van der Waals surface area (Å²) in [4.78, 5) is 45.8. The summed E-state index contributed by atoms with van der Waals surface area (Å²) >= 11 is 0. The quantitative estimate of drug-likeness (QED) is 0.579. The Labute approximate surface area is 179 Å². The highest BCUT2D eigenvalue weighted by Gasteiger charge is 2.23. The predicted molar refractivity (Wildman–Crippen MR) is 119 cm³/mol. The molecule has 31 heavy (non-hydrogen) atoms. The number of hydrogen-bond donors (Lipinski definition) is 2. The summed E-state index contributed by atoms with van der Waals surface area (Å²) < 4.78 is 0. The van der Waals surface area contributed by atoms with Crippen LogP contribution in [-0.4, -0.2) is 39.3 Å². The van der Waals surface area contributed by atoms with Crippen molar-refractivity contribution in [2.24, 2.45) is 0 Å². The maximum absolute atomic E-state index is 12.7. The molecule has 3 aromatic rings. The van der Waals surface area contributed by atoms with Crippen LogP contribution >= 0.6 is 0 Å². The van der Waals surface area contributed by atoms with Gasteiger partial charge < -0.3 is 15.2 Å². The molecule has 7 nitrogen and oxygen atoms in total. The molecule has 1 aromatic heterocycles. The predicted octanol–water partition coefficient (Wildman–Crippen LogP) is 2.88. The number of nitrogens with zero attached hydrogens (tertiary/aromatic N) is 2. The van der Waals surface area contributed by atoms with Crippen molar-refractivity contribution in [3.05, 3.63) is 81.9 Å². The van der Waals surface area contributed by atoms with Gasteiger partial charge in [0.15, 0.2) is 0 Å². The van der Waals surface area contributed by atoms with E-state index >= 15 is 0 Å². The Bertz CT molecular complexity index is 1190. The summed E-state index contributed by atoms with van der Waals surface area (Å²) in [6.45, 7) is 2.55. The maximum atomic E-state index is 12.7. The van der Waals surface area contributed by atoms with Gasteiger partial charge in [0.1, 0.15) is 5.82 Å². The van der Waals surface area contributed by atoms with Gasteiger partial charge in [0.25, 0.3) is 11.5 Å². The van der Waals surface area contributed by atoms with E-state index in [1.165, 1.54) is 6.08 Å². The molecular weight excluding hydrogens is 392 g/mol. The first-order valence-corrected chi connectivity index (χ1v) is 10.4. The van der Waals surface area contributed by atoms with Crippen LogP contribution in [0.5, 0.6) is 0 Å². The number of carbonyl (C=O) groups is 2. The van der Waals surface area contributed by atoms with Gasteiger partial charge in [-0.05, 0) is 55.7 Å². The van der Waals surface area contributed by atoms with Crippen LogP contribution in [0.2, 0.25) is 0 Å². The van der Waals surface area contributed by atoms with Crippen molar-refractivity contribution in [1.82, 2.24) is 20.2 Å². The monoisotopic (exact) mass is 416 g/mol. The van der Waals surface area contributed by atoms with Gasteiger partial charge in [0, 0.05) is 24.2 Å². The van der Waals surface area contributed by atoms with Crippen molar-refractivity contribution in [2.45, 2.75) is 32.4 Å². The summed E-state index contributed by atoms with van der Waals surface area (Å²) in [5.74, 6) is 0.190. The number of rotatable bonds is 7. The van der Waals surface area contributed by atoms with Crippen molar-refractivity contribution in [3.8, 4) is 0 Å². The zero-order chi connectivity index (χ0) is 21.8. The highest BCUT2D eigenvalue weighted by atomic mass is 16.2. The molecule has 0 radical (unpaired) electrons. The number of benzene rings is 2. The Morgan fingerprint density at radius 2 is 1.90 bits per heavy atom. The first-order chi connectivity index (χ1) is 15.0. The lowest BCUT2D eigenvalue weighted by Gasteiger charge is -2.18. The van der Waals surface area contributed by atoms with Gasteiger partial charge in [-0.15, -0.1) is 0 Å². The zero-order valence-electron chi connectivity index (χ0n) is 17.3. The average molecular weight is 416 g/mol. The normalized spacial score (nSPS) is 13.5. The van der Waals surface area contributed by atoms with Crippen LogP contribution in [0.15, 0.2) is 59.4 Å². The molecule has 1 heterocycles. The molecule has 0 atom stereocenters. The molecule has 1 saturated carbocycles. The van der Waals surface area contributed by atoms with E-state index in [2.05, 4.69) is 15.3 Å². The summed E-state index contributed by atoms with van der Waals surface area (Å²) in [6.07, 6.45) is 5.29. The molecule has 7 heteroatoms. The highest BCUT2D eigenvalue weighted by molar-refractivity contribution is 5.95. The highest BCUT2D eigenvalue weighted by Crippen LogP contribution is 2.19. The molecule has 1 aliphatic carbocycles. The van der Waals surface area contributed by atoms with E-state index in [9.17, 15) is 14.4 Å². The number of carbonyl (C=O) groups excluding carboxylic acids is 2. The van der Waals surface area contributed by atoms with Crippen LogP contribution in [0.3, 0.4) is 0 Å². The van der Waals surface area contributed by atoms with Crippen LogP contribution < -0.4 is 10.9 Å². The third-order valence-corrected chi connectivity index (χ3v) is 5.20. The van der Waals surface area contributed by atoms with Crippen LogP contribution in [-0.2, 0) is 11.3 Å². The fourth-order valence-corrected chi connectivity index (χ4v) is 3.25. The molecule has 2 aromatic carbocycles. The number of aromatic nitrogens is 2. The number of nitrogens with one attached hydrogen (secondary N) is 2. The van der Waals surface area contributed by atoms with Crippen molar-refractivity contribution in [3.63, 3.8) is 0 Å². The van der Waals surface area contributed by atoms with Crippen LogP contribution in [0, 0.1) is 0 Å². The molecule has 158 valence electrons. The minimum absolute atomic E-state index is 0.0665. The minimum atomic E-state index is -0.217. The molecule has 2 amide bonds. The number of aromatic amines is 1. The topological polar surface area (TPSA) is 95.2 Å². The second kappa shape index (κ2) is 8.95. The molecule has 0 unspecified atom stereocenters. The molecule has 0 aliphatic heterocycles. The largest absolute Gasteiger partial charge is 0.349 e. The smallest absolute Gasteiger partial charge is 0.258 e. The van der Waals surface area contributed by atoms with Crippen molar-refractivity contribution < 1.29 is 9.59 Å². The summed E-state index contributed by atoms with van der Waals surface area (Å²) in [6, 6.07) is 14.6. The number of fused-ring (bicyclic) bond motifs is 1. The molecule has 2 N–H and O–H groups in total. The van der Waals surface area contributed by atoms with Gasteiger partial charge >= 0.3 is 0 Å². The zero-order valence-corrected chi connectivity index (χ0v) is 17.3. The Morgan fingerprint density at radius 1 is 1.16 bits per heavy atom. The van der Waals surface area contributed by atoms with Crippen LogP contribution in [0.1, 0.15) is 41.5 Å². The Hall–Kier alpha value is -3.74. The van der Waals surface area contributed by atoms with Gasteiger partial charge in [0.05, 0.1) is 17.4 Å². The second-order valence-corrected chi connectivity index (χ2v) is 7.59. The molecule has 0 saturated heterocycles. The van der Waals surface area contributed by atoms with Crippen molar-refractivity contribution in [1.29, 1.82) is 0 Å². The second-order valence-electron chi connectivity index (χ2n) is 7.59. The van der Waals surface area contributed by atoms with E-state index in [0.29, 0.717) is 34.9 Å². The number of amides is 2. The van der Waals surface area contributed by atoms with Gasteiger partial charge in [0.2, 0.25) is 5.91 Å². The lowest BCUT2D eigenvalue weighted by atomic mass is 10.1. The van der Waals surface area contributed by atoms with Crippen molar-refractivity contribution >= 4 is 28.8 Å². The third kappa shape index (κ3) is 5.06. The fourth-order valence-electron chi connectivity index (χ4n) is 3.25. The van der Waals surface area contributed by atoms with Crippen molar-refractivity contribution in [2.75, 3.05) is 6.54 Å². The number of H-pyrrole nitrogens is 1. The molecule has 1 fully saturated rings. The van der Waals surface area contributed by atoms with E-state index in [-0.39, 0.29) is 23.9 Å². The maximum Gasteiger partial charge on any atom is 0.258 e. The Morgan fingerprint density at radius 3 is 2.61 bits per heavy atom. The molecule has 0 bridgehead atoms. The third-order valence-electron chi connectivity index (χ3n) is 5.20.